The zero-order valence-corrected chi connectivity index (χ0v) is 18.6. The number of carbonyl (C=O) groups is 1. The van der Waals surface area contributed by atoms with Gasteiger partial charge in [-0.15, -0.1) is 11.3 Å². The lowest BCUT2D eigenvalue weighted by Crippen LogP contribution is -2.30. The van der Waals surface area contributed by atoms with Gasteiger partial charge in [0.1, 0.15) is 4.21 Å². The van der Waals surface area contributed by atoms with E-state index >= 15 is 0 Å². The maximum Gasteiger partial charge on any atom is 0.277 e. The Morgan fingerprint density at radius 3 is 2.94 bits per heavy atom. The van der Waals surface area contributed by atoms with Crippen molar-refractivity contribution in [2.24, 2.45) is 5.73 Å². The molecular formula is C19H18N6O3S3. The monoisotopic (exact) mass is 474 g/mol. The second-order valence-electron chi connectivity index (χ2n) is 7.19. The van der Waals surface area contributed by atoms with Crippen molar-refractivity contribution < 1.29 is 13.2 Å². The van der Waals surface area contributed by atoms with E-state index < -0.39 is 10.0 Å². The predicted molar refractivity (Wildman–Crippen MR) is 121 cm³/mol. The lowest BCUT2D eigenvalue weighted by Gasteiger charge is -2.18. The van der Waals surface area contributed by atoms with Crippen molar-refractivity contribution in [3.63, 3.8) is 0 Å². The fourth-order valence-corrected chi connectivity index (χ4v) is 6.35. The number of benzene rings is 1. The van der Waals surface area contributed by atoms with Crippen LogP contribution in [-0.2, 0) is 23.0 Å². The van der Waals surface area contributed by atoms with E-state index in [0.717, 1.165) is 28.2 Å². The van der Waals surface area contributed by atoms with Crippen LogP contribution in [0.2, 0.25) is 0 Å². The van der Waals surface area contributed by atoms with Crippen LogP contribution < -0.4 is 15.8 Å². The van der Waals surface area contributed by atoms with E-state index in [1.54, 1.807) is 41.8 Å². The molecule has 160 valence electrons. The summed E-state index contributed by atoms with van der Waals surface area (Å²) < 4.78 is 30.2. The summed E-state index contributed by atoms with van der Waals surface area (Å²) >= 11 is 2.41. The van der Waals surface area contributed by atoms with Crippen molar-refractivity contribution in [1.82, 2.24) is 14.8 Å². The SMILES string of the molecule is NC1CCn2nc(C(=O)Nc3nc4ccc(NS(=O)(=O)c5cccs5)cc4s3)cc2C1. The van der Waals surface area contributed by atoms with E-state index in [0.29, 0.717) is 35.0 Å². The number of nitrogens with two attached hydrogens (primary N) is 1. The Balaban J connectivity index is 1.34. The van der Waals surface area contributed by atoms with Gasteiger partial charge in [-0.05, 0) is 42.1 Å². The van der Waals surface area contributed by atoms with Gasteiger partial charge >= 0.3 is 0 Å². The summed E-state index contributed by atoms with van der Waals surface area (Å²) in [7, 11) is -3.63. The molecule has 0 saturated carbocycles. The number of thiophene rings is 1. The molecule has 0 aliphatic carbocycles. The Morgan fingerprint density at radius 2 is 2.13 bits per heavy atom. The lowest BCUT2D eigenvalue weighted by atomic mass is 10.1. The van der Waals surface area contributed by atoms with Crippen LogP contribution in [0.3, 0.4) is 0 Å². The van der Waals surface area contributed by atoms with Gasteiger partial charge < -0.3 is 5.73 Å². The van der Waals surface area contributed by atoms with Gasteiger partial charge in [0.15, 0.2) is 10.8 Å². The Labute approximate surface area is 186 Å². The van der Waals surface area contributed by atoms with Crippen molar-refractivity contribution in [2.45, 2.75) is 29.6 Å². The highest BCUT2D eigenvalue weighted by molar-refractivity contribution is 7.94. The summed E-state index contributed by atoms with van der Waals surface area (Å²) in [6.45, 7) is 0.703. The number of hydrogen-bond acceptors (Lipinski definition) is 8. The van der Waals surface area contributed by atoms with Gasteiger partial charge in [-0.25, -0.2) is 13.4 Å². The molecule has 12 heteroatoms. The van der Waals surface area contributed by atoms with E-state index in [4.69, 9.17) is 5.73 Å². The molecule has 4 aromatic rings. The smallest absolute Gasteiger partial charge is 0.277 e. The van der Waals surface area contributed by atoms with Crippen molar-refractivity contribution in [2.75, 3.05) is 10.0 Å². The number of rotatable bonds is 5. The molecule has 9 nitrogen and oxygen atoms in total. The van der Waals surface area contributed by atoms with Crippen LogP contribution in [0.5, 0.6) is 0 Å². The highest BCUT2D eigenvalue weighted by Crippen LogP contribution is 2.30. The first-order valence-electron chi connectivity index (χ1n) is 9.48. The number of sulfonamides is 1. The molecule has 1 aliphatic heterocycles. The van der Waals surface area contributed by atoms with Crippen molar-refractivity contribution >= 4 is 59.6 Å². The normalized spacial score (nSPS) is 16.2. The van der Waals surface area contributed by atoms with Crippen molar-refractivity contribution in [1.29, 1.82) is 0 Å². The quantitative estimate of drug-likeness (QED) is 0.407. The fourth-order valence-electron chi connectivity index (χ4n) is 3.41. The van der Waals surface area contributed by atoms with Gasteiger partial charge in [-0.1, -0.05) is 17.4 Å². The molecule has 4 heterocycles. The number of nitrogens with one attached hydrogen (secondary N) is 2. The van der Waals surface area contributed by atoms with Crippen molar-refractivity contribution in [3.05, 3.63) is 53.2 Å². The number of aryl methyl sites for hydroxylation is 1. The first-order valence-corrected chi connectivity index (χ1v) is 12.7. The molecule has 0 fully saturated rings. The number of amides is 1. The number of nitrogens with zero attached hydrogens (tertiary/aromatic N) is 3. The largest absolute Gasteiger partial charge is 0.327 e. The minimum Gasteiger partial charge on any atom is -0.327 e. The molecule has 0 saturated heterocycles. The van der Waals surface area contributed by atoms with Crippen LogP contribution in [0.4, 0.5) is 10.8 Å². The maximum absolute atomic E-state index is 12.6. The van der Waals surface area contributed by atoms with E-state index in [1.807, 2.05) is 4.68 Å². The van der Waals surface area contributed by atoms with E-state index in [9.17, 15) is 13.2 Å². The van der Waals surface area contributed by atoms with Gasteiger partial charge in [0.2, 0.25) is 0 Å². The average Bonchev–Trinajstić information content (AvgIpc) is 3.46. The molecule has 0 spiro atoms. The van der Waals surface area contributed by atoms with Crippen LogP contribution in [-0.4, -0.2) is 35.1 Å². The second kappa shape index (κ2) is 7.71. The number of anilines is 2. The molecule has 1 aromatic carbocycles. The molecule has 5 rings (SSSR count). The highest BCUT2D eigenvalue weighted by Gasteiger charge is 2.21. The first-order chi connectivity index (χ1) is 14.9. The Morgan fingerprint density at radius 1 is 1.26 bits per heavy atom. The number of carbonyl (C=O) groups excluding carboxylic acids is 1. The molecule has 4 N–H and O–H groups in total. The third kappa shape index (κ3) is 4.06. The van der Waals surface area contributed by atoms with Gasteiger partial charge in [0.25, 0.3) is 15.9 Å². The van der Waals surface area contributed by atoms with Gasteiger partial charge in [0, 0.05) is 24.7 Å². The van der Waals surface area contributed by atoms with Crippen LogP contribution in [0.15, 0.2) is 46.0 Å². The number of aromatic nitrogens is 3. The third-order valence-electron chi connectivity index (χ3n) is 4.90. The summed E-state index contributed by atoms with van der Waals surface area (Å²) in [5, 5.41) is 9.27. The highest BCUT2D eigenvalue weighted by atomic mass is 32.2. The lowest BCUT2D eigenvalue weighted by molar-refractivity contribution is 0.102. The Hall–Kier alpha value is -2.80. The predicted octanol–water partition coefficient (Wildman–Crippen LogP) is 2.88. The molecular weight excluding hydrogens is 456 g/mol. The minimum absolute atomic E-state index is 0.0933. The Kier molecular flexibility index (Phi) is 5.01. The molecule has 3 aromatic heterocycles. The number of hydrogen-bond donors (Lipinski definition) is 3. The Bertz CT molecular complexity index is 1370. The second-order valence-corrected chi connectivity index (χ2v) is 11.1. The van der Waals surface area contributed by atoms with Crippen LogP contribution in [0.25, 0.3) is 10.2 Å². The van der Waals surface area contributed by atoms with E-state index in [-0.39, 0.29) is 16.2 Å². The van der Waals surface area contributed by atoms with Crippen LogP contribution in [0.1, 0.15) is 22.6 Å². The standard InChI is InChI=1S/C19H18N6O3S3/c20-11-5-6-25-13(8-11)10-15(23-25)18(26)22-19-21-14-4-3-12(9-16(14)30-19)24-31(27,28)17-2-1-7-29-17/h1-4,7,9-11,24H,5-6,8,20H2,(H,21,22,26). The van der Waals surface area contributed by atoms with E-state index in [2.05, 4.69) is 20.1 Å². The summed E-state index contributed by atoms with van der Waals surface area (Å²) in [6.07, 6.45) is 1.54. The summed E-state index contributed by atoms with van der Waals surface area (Å²) in [4.78, 5) is 17.1. The summed E-state index contributed by atoms with van der Waals surface area (Å²) in [5.41, 5.74) is 8.36. The molecule has 1 aliphatic rings. The summed E-state index contributed by atoms with van der Waals surface area (Å²) in [6, 6.07) is 10.1. The molecule has 0 bridgehead atoms. The first kappa shape index (κ1) is 20.1. The molecule has 1 unspecified atom stereocenters. The molecule has 31 heavy (non-hydrogen) atoms. The molecule has 1 atom stereocenters. The van der Waals surface area contributed by atoms with Gasteiger partial charge in [-0.3, -0.25) is 19.5 Å². The number of fused-ring (bicyclic) bond motifs is 2. The van der Waals surface area contributed by atoms with Crippen LogP contribution >= 0.6 is 22.7 Å². The molecule has 0 radical (unpaired) electrons. The van der Waals surface area contributed by atoms with Gasteiger partial charge in [-0.2, -0.15) is 5.10 Å². The fraction of sp³-hybridized carbons (Fsp3) is 0.211. The average molecular weight is 475 g/mol. The van der Waals surface area contributed by atoms with Gasteiger partial charge in [0.05, 0.1) is 15.9 Å². The number of thiazole rings is 1. The third-order valence-corrected chi connectivity index (χ3v) is 8.61. The zero-order valence-electron chi connectivity index (χ0n) is 16.1. The van der Waals surface area contributed by atoms with Crippen molar-refractivity contribution in [3.8, 4) is 0 Å². The van der Waals surface area contributed by atoms with Crippen LogP contribution in [0, 0.1) is 0 Å². The maximum atomic E-state index is 12.6. The topological polar surface area (TPSA) is 132 Å². The minimum atomic E-state index is -3.63. The molecule has 1 amide bonds. The summed E-state index contributed by atoms with van der Waals surface area (Å²) in [5.74, 6) is -0.340. The zero-order chi connectivity index (χ0) is 21.6. The van der Waals surface area contributed by atoms with E-state index in [1.165, 1.54) is 11.3 Å².